The van der Waals surface area contributed by atoms with E-state index in [9.17, 15) is 40.2 Å². The van der Waals surface area contributed by atoms with Gasteiger partial charge in [-0.15, -0.1) is 0 Å². The van der Waals surface area contributed by atoms with Crippen LogP contribution >= 0.6 is 0 Å². The third-order valence-corrected chi connectivity index (χ3v) is 3.21. The van der Waals surface area contributed by atoms with E-state index in [2.05, 4.69) is 4.74 Å². The number of esters is 1. The summed E-state index contributed by atoms with van der Waals surface area (Å²) in [6.45, 7) is -2.06. The molecular weight excluding hydrogens is 352 g/mol. The fourth-order valence-electron chi connectivity index (χ4n) is 1.57. The van der Waals surface area contributed by atoms with Crippen molar-refractivity contribution in [3.05, 3.63) is 0 Å². The van der Waals surface area contributed by atoms with Gasteiger partial charge < -0.3 is 55.8 Å². The smallest absolute Gasteiger partial charge is 0.337 e. The number of aliphatic hydroxyl groups excluding tert-OH is 9. The van der Waals surface area contributed by atoms with Gasteiger partial charge in [0.15, 0.2) is 12.2 Å². The predicted molar refractivity (Wildman–Crippen MR) is 73.7 cm³/mol. The Hall–Kier alpha value is -1.42. The third kappa shape index (κ3) is 6.77. The first-order valence-corrected chi connectivity index (χ1v) is 6.90. The molecule has 0 aliphatic heterocycles. The fourth-order valence-corrected chi connectivity index (χ4v) is 1.57. The molecule has 0 aliphatic carbocycles. The number of carbonyl (C=O) groups excluding carboxylic acids is 1. The SMILES string of the molecule is O=C(O)C(O)C(O)C(O)C(O)COC(=O)[C@H](O)[C@@H](O)[C@H](O)[C@H](O)CO. The molecule has 0 aromatic rings. The zero-order valence-corrected chi connectivity index (χ0v) is 12.7. The molecule has 0 aromatic carbocycles. The molecule has 148 valence electrons. The van der Waals surface area contributed by atoms with Gasteiger partial charge in [0.25, 0.3) is 0 Å². The van der Waals surface area contributed by atoms with E-state index in [1.165, 1.54) is 0 Å². The molecule has 0 bridgehead atoms. The van der Waals surface area contributed by atoms with Crippen LogP contribution in [0.4, 0.5) is 0 Å². The van der Waals surface area contributed by atoms with Gasteiger partial charge in [0.2, 0.25) is 0 Å². The molecule has 0 saturated carbocycles. The van der Waals surface area contributed by atoms with Crippen molar-refractivity contribution in [3.63, 3.8) is 0 Å². The molecule has 4 unspecified atom stereocenters. The van der Waals surface area contributed by atoms with Gasteiger partial charge in [0.05, 0.1) is 6.61 Å². The molecule has 0 amide bonds. The molecule has 10 N–H and O–H groups in total. The van der Waals surface area contributed by atoms with Crippen molar-refractivity contribution in [2.45, 2.75) is 48.8 Å². The number of ether oxygens (including phenoxy) is 1. The lowest BCUT2D eigenvalue weighted by Crippen LogP contribution is -2.51. The Kier molecular flexibility index (Phi) is 9.95. The van der Waals surface area contributed by atoms with Gasteiger partial charge in [0, 0.05) is 0 Å². The highest BCUT2D eigenvalue weighted by molar-refractivity contribution is 5.75. The van der Waals surface area contributed by atoms with Crippen molar-refractivity contribution in [2.75, 3.05) is 13.2 Å². The van der Waals surface area contributed by atoms with Gasteiger partial charge in [-0.3, -0.25) is 0 Å². The van der Waals surface area contributed by atoms with E-state index < -0.39 is 74.0 Å². The first-order chi connectivity index (χ1) is 11.4. The van der Waals surface area contributed by atoms with Gasteiger partial charge in [-0.05, 0) is 0 Å². The highest BCUT2D eigenvalue weighted by atomic mass is 16.6. The summed E-state index contributed by atoms with van der Waals surface area (Å²) in [4.78, 5) is 21.9. The van der Waals surface area contributed by atoms with Gasteiger partial charge in [-0.2, -0.15) is 0 Å². The Morgan fingerprint density at radius 1 is 0.720 bits per heavy atom. The first-order valence-electron chi connectivity index (χ1n) is 6.90. The average Bonchev–Trinajstić information content (AvgIpc) is 2.60. The van der Waals surface area contributed by atoms with E-state index in [-0.39, 0.29) is 0 Å². The standard InChI is InChI=1S/C12H22O13/c13-1-3(14)5(16)8(19)10(21)12(24)25-2-4(15)6(17)7(18)9(20)11(22)23/h3-10,13-21H,1-2H2,(H,22,23)/t3-,4?,5-,6?,7?,8+,9?,10-/m1/s1. The molecule has 0 heterocycles. The molecule has 0 aliphatic rings. The summed E-state index contributed by atoms with van der Waals surface area (Å²) in [6.07, 6.45) is -17.7. The number of carbonyl (C=O) groups is 2. The highest BCUT2D eigenvalue weighted by Gasteiger charge is 2.37. The molecule has 0 fully saturated rings. The van der Waals surface area contributed by atoms with Crippen molar-refractivity contribution in [3.8, 4) is 0 Å². The zero-order chi connectivity index (χ0) is 19.9. The van der Waals surface area contributed by atoms with Crippen LogP contribution in [0.3, 0.4) is 0 Å². The average molecular weight is 374 g/mol. The number of aliphatic carboxylic acids is 1. The van der Waals surface area contributed by atoms with E-state index in [0.29, 0.717) is 0 Å². The summed E-state index contributed by atoms with van der Waals surface area (Å²) in [5.41, 5.74) is 0. The van der Waals surface area contributed by atoms with Crippen LogP contribution in [0.2, 0.25) is 0 Å². The van der Waals surface area contributed by atoms with Gasteiger partial charge in [0.1, 0.15) is 43.2 Å². The fraction of sp³-hybridized carbons (Fsp3) is 0.833. The lowest BCUT2D eigenvalue weighted by molar-refractivity contribution is -0.180. The Morgan fingerprint density at radius 3 is 1.60 bits per heavy atom. The maximum absolute atomic E-state index is 11.5. The summed E-state index contributed by atoms with van der Waals surface area (Å²) in [5, 5.41) is 91.5. The minimum atomic E-state index is -2.43. The van der Waals surface area contributed by atoms with Crippen molar-refractivity contribution in [1.29, 1.82) is 0 Å². The molecule has 0 saturated heterocycles. The van der Waals surface area contributed by atoms with Crippen LogP contribution in [-0.2, 0) is 14.3 Å². The second kappa shape index (κ2) is 10.5. The Bertz CT molecular complexity index is 429. The number of carboxylic acids is 1. The summed E-state index contributed by atoms with van der Waals surface area (Å²) >= 11 is 0. The molecule has 13 nitrogen and oxygen atoms in total. The normalized spacial score (nSPS) is 21.3. The number of hydrogen-bond donors (Lipinski definition) is 10. The quantitative estimate of drug-likeness (QED) is 0.151. The molecule has 0 spiro atoms. The van der Waals surface area contributed by atoms with Crippen LogP contribution in [0.5, 0.6) is 0 Å². The maximum atomic E-state index is 11.5. The largest absolute Gasteiger partial charge is 0.479 e. The molecule has 25 heavy (non-hydrogen) atoms. The lowest BCUT2D eigenvalue weighted by Gasteiger charge is -2.26. The van der Waals surface area contributed by atoms with E-state index in [1.54, 1.807) is 0 Å². The van der Waals surface area contributed by atoms with E-state index in [1.807, 2.05) is 0 Å². The number of carboxylic acid groups (broad SMARTS) is 1. The topological polar surface area (TPSA) is 246 Å². The molecule has 8 atom stereocenters. The molecule has 0 aromatic heterocycles. The first kappa shape index (κ1) is 23.6. The lowest BCUT2D eigenvalue weighted by atomic mass is 10.0. The Labute approximate surface area is 140 Å². The van der Waals surface area contributed by atoms with Crippen molar-refractivity contribution < 1.29 is 65.4 Å². The van der Waals surface area contributed by atoms with Crippen molar-refractivity contribution in [2.24, 2.45) is 0 Å². The monoisotopic (exact) mass is 374 g/mol. The van der Waals surface area contributed by atoms with Gasteiger partial charge in [-0.25, -0.2) is 9.59 Å². The highest BCUT2D eigenvalue weighted by Crippen LogP contribution is 2.09. The van der Waals surface area contributed by atoms with Gasteiger partial charge in [-0.1, -0.05) is 0 Å². The molecule has 0 radical (unpaired) electrons. The van der Waals surface area contributed by atoms with E-state index in [0.717, 1.165) is 0 Å². The Balaban J connectivity index is 4.59. The van der Waals surface area contributed by atoms with Crippen LogP contribution in [0.15, 0.2) is 0 Å². The number of aliphatic hydroxyl groups is 9. The second-order valence-electron chi connectivity index (χ2n) is 5.14. The third-order valence-electron chi connectivity index (χ3n) is 3.21. The maximum Gasteiger partial charge on any atom is 0.337 e. The summed E-state index contributed by atoms with van der Waals surface area (Å²) in [5.74, 6) is -3.48. The van der Waals surface area contributed by atoms with E-state index in [4.69, 9.17) is 20.4 Å². The molecule has 13 heteroatoms. The summed E-state index contributed by atoms with van der Waals surface area (Å²) in [7, 11) is 0. The van der Waals surface area contributed by atoms with Crippen LogP contribution in [0.1, 0.15) is 0 Å². The van der Waals surface area contributed by atoms with Gasteiger partial charge >= 0.3 is 11.9 Å². The molecule has 0 rings (SSSR count). The number of rotatable bonds is 11. The zero-order valence-electron chi connectivity index (χ0n) is 12.7. The van der Waals surface area contributed by atoms with Crippen LogP contribution in [0.25, 0.3) is 0 Å². The summed E-state index contributed by atoms with van der Waals surface area (Å²) < 4.78 is 4.31. The predicted octanol–water partition coefficient (Wildman–Crippen LogP) is -6.51. The minimum Gasteiger partial charge on any atom is -0.479 e. The van der Waals surface area contributed by atoms with Crippen molar-refractivity contribution in [1.82, 2.24) is 0 Å². The van der Waals surface area contributed by atoms with Crippen LogP contribution in [-0.4, -0.2) is 125 Å². The van der Waals surface area contributed by atoms with Crippen molar-refractivity contribution >= 4 is 11.9 Å². The second-order valence-corrected chi connectivity index (χ2v) is 5.14. The van der Waals surface area contributed by atoms with Crippen LogP contribution in [0, 0.1) is 0 Å². The molecular formula is C12H22O13. The Morgan fingerprint density at radius 2 is 1.16 bits per heavy atom. The minimum absolute atomic E-state index is 0.977. The summed E-state index contributed by atoms with van der Waals surface area (Å²) in [6, 6.07) is 0. The van der Waals surface area contributed by atoms with E-state index >= 15 is 0 Å². The van der Waals surface area contributed by atoms with Crippen LogP contribution < -0.4 is 0 Å². The number of hydrogen-bond acceptors (Lipinski definition) is 12.